The van der Waals surface area contributed by atoms with E-state index in [4.69, 9.17) is 0 Å². The van der Waals surface area contributed by atoms with Gasteiger partial charge in [0.25, 0.3) is 0 Å². The first kappa shape index (κ1) is 15.8. The van der Waals surface area contributed by atoms with Crippen molar-refractivity contribution in [3.05, 3.63) is 48.5 Å². The first-order valence-corrected chi connectivity index (χ1v) is 8.79. The van der Waals surface area contributed by atoms with Gasteiger partial charge in [-0.25, -0.2) is 22.8 Å². The molecule has 0 bridgehead atoms. The molecule has 0 saturated carbocycles. The van der Waals surface area contributed by atoms with Crippen molar-refractivity contribution in [1.29, 1.82) is 0 Å². The zero-order valence-electron chi connectivity index (χ0n) is 12.5. The van der Waals surface area contributed by atoms with E-state index in [1.165, 1.54) is 16.4 Å². The van der Waals surface area contributed by atoms with Crippen molar-refractivity contribution in [2.75, 3.05) is 31.1 Å². The van der Waals surface area contributed by atoms with Crippen molar-refractivity contribution >= 4 is 16.0 Å². The molecule has 3 rings (SSSR count). The van der Waals surface area contributed by atoms with Crippen LogP contribution in [0.1, 0.15) is 6.42 Å². The highest BCUT2D eigenvalue weighted by Crippen LogP contribution is 2.19. The molecule has 8 heteroatoms. The van der Waals surface area contributed by atoms with Gasteiger partial charge in [0, 0.05) is 38.6 Å². The third-order valence-electron chi connectivity index (χ3n) is 3.74. The predicted molar refractivity (Wildman–Crippen MR) is 84.0 cm³/mol. The lowest BCUT2D eigenvalue weighted by molar-refractivity contribution is 0.433. The second-order valence-electron chi connectivity index (χ2n) is 5.25. The maximum Gasteiger partial charge on any atom is 0.243 e. The number of rotatable bonds is 3. The Morgan fingerprint density at radius 3 is 2.35 bits per heavy atom. The SMILES string of the molecule is O=S(=O)(c1ccc(F)cc1)N1CCCN(c2ncccn2)CC1. The van der Waals surface area contributed by atoms with Crippen LogP contribution in [0.15, 0.2) is 47.6 Å². The van der Waals surface area contributed by atoms with E-state index >= 15 is 0 Å². The molecule has 2 heterocycles. The fraction of sp³-hybridized carbons (Fsp3) is 0.333. The molecular formula is C15H17FN4O2S. The summed E-state index contributed by atoms with van der Waals surface area (Å²) in [7, 11) is -3.61. The van der Waals surface area contributed by atoms with Gasteiger partial charge in [-0.05, 0) is 36.8 Å². The Labute approximate surface area is 134 Å². The van der Waals surface area contributed by atoms with E-state index < -0.39 is 15.8 Å². The smallest absolute Gasteiger partial charge is 0.243 e. The Balaban J connectivity index is 1.76. The summed E-state index contributed by atoms with van der Waals surface area (Å²) in [5.74, 6) is 0.153. The Hall–Kier alpha value is -2.06. The molecule has 1 aliphatic rings. The monoisotopic (exact) mass is 336 g/mol. The highest BCUT2D eigenvalue weighted by molar-refractivity contribution is 7.89. The third kappa shape index (κ3) is 3.48. The van der Waals surface area contributed by atoms with Crippen LogP contribution in [0, 0.1) is 5.82 Å². The van der Waals surface area contributed by atoms with Crippen LogP contribution in [0.25, 0.3) is 0 Å². The lowest BCUT2D eigenvalue weighted by atomic mass is 10.4. The first-order valence-electron chi connectivity index (χ1n) is 7.35. The summed E-state index contributed by atoms with van der Waals surface area (Å²) in [6.07, 6.45) is 4.01. The Bertz CT molecular complexity index is 753. The number of hydrogen-bond donors (Lipinski definition) is 0. The zero-order valence-corrected chi connectivity index (χ0v) is 13.3. The molecule has 0 unspecified atom stereocenters. The van der Waals surface area contributed by atoms with E-state index in [9.17, 15) is 12.8 Å². The van der Waals surface area contributed by atoms with Crippen molar-refractivity contribution in [2.24, 2.45) is 0 Å². The Morgan fingerprint density at radius 1 is 0.957 bits per heavy atom. The molecule has 0 N–H and O–H groups in total. The molecular weight excluding hydrogens is 319 g/mol. The summed E-state index contributed by atoms with van der Waals surface area (Å²) in [6, 6.07) is 6.66. The Morgan fingerprint density at radius 2 is 1.65 bits per heavy atom. The van der Waals surface area contributed by atoms with E-state index in [0.29, 0.717) is 38.5 Å². The van der Waals surface area contributed by atoms with Crippen LogP contribution in [0.3, 0.4) is 0 Å². The number of nitrogens with zero attached hydrogens (tertiary/aromatic N) is 4. The summed E-state index contributed by atoms with van der Waals surface area (Å²) in [5, 5.41) is 0. The van der Waals surface area contributed by atoms with Gasteiger partial charge >= 0.3 is 0 Å². The van der Waals surface area contributed by atoms with Gasteiger partial charge in [-0.2, -0.15) is 4.31 Å². The van der Waals surface area contributed by atoms with E-state index in [1.54, 1.807) is 18.5 Å². The normalized spacial score (nSPS) is 17.0. The zero-order chi connectivity index (χ0) is 16.3. The van der Waals surface area contributed by atoms with Gasteiger partial charge in [0.05, 0.1) is 4.90 Å². The summed E-state index contributed by atoms with van der Waals surface area (Å²) in [6.45, 7) is 1.98. The van der Waals surface area contributed by atoms with Gasteiger partial charge in [0.15, 0.2) is 0 Å². The highest BCUT2D eigenvalue weighted by atomic mass is 32.2. The molecule has 1 fully saturated rings. The highest BCUT2D eigenvalue weighted by Gasteiger charge is 2.27. The number of benzene rings is 1. The van der Waals surface area contributed by atoms with Gasteiger partial charge in [-0.3, -0.25) is 0 Å². The first-order chi connectivity index (χ1) is 11.1. The number of halogens is 1. The topological polar surface area (TPSA) is 66.4 Å². The van der Waals surface area contributed by atoms with Crippen molar-refractivity contribution in [3.8, 4) is 0 Å². The minimum atomic E-state index is -3.61. The standard InChI is InChI=1S/C15H17FN4O2S/c16-13-3-5-14(6-4-13)23(21,22)20-10-2-9-19(11-12-20)15-17-7-1-8-18-15/h1,3-8H,2,9-12H2. The molecule has 0 atom stereocenters. The minimum Gasteiger partial charge on any atom is -0.339 e. The van der Waals surface area contributed by atoms with Gasteiger partial charge in [0.1, 0.15) is 5.82 Å². The van der Waals surface area contributed by atoms with Crippen LogP contribution in [-0.4, -0.2) is 48.9 Å². The third-order valence-corrected chi connectivity index (χ3v) is 5.65. The van der Waals surface area contributed by atoms with Gasteiger partial charge in [-0.1, -0.05) is 0 Å². The Kier molecular flexibility index (Phi) is 4.53. The number of anilines is 1. The van der Waals surface area contributed by atoms with Crippen LogP contribution < -0.4 is 4.90 Å². The summed E-state index contributed by atoms with van der Waals surface area (Å²) in [4.78, 5) is 10.5. The molecule has 0 aliphatic carbocycles. The largest absolute Gasteiger partial charge is 0.339 e. The average Bonchev–Trinajstić information content (AvgIpc) is 2.83. The van der Waals surface area contributed by atoms with Crippen molar-refractivity contribution in [2.45, 2.75) is 11.3 Å². The van der Waals surface area contributed by atoms with Crippen molar-refractivity contribution in [3.63, 3.8) is 0 Å². The van der Waals surface area contributed by atoms with E-state index in [-0.39, 0.29) is 4.90 Å². The maximum atomic E-state index is 13.0. The fourth-order valence-corrected chi connectivity index (χ4v) is 4.01. The van der Waals surface area contributed by atoms with Crippen LogP contribution >= 0.6 is 0 Å². The maximum absolute atomic E-state index is 13.0. The molecule has 23 heavy (non-hydrogen) atoms. The predicted octanol–water partition coefficient (Wildman–Crippen LogP) is 1.52. The summed E-state index contributed by atoms with van der Waals surface area (Å²) in [5.41, 5.74) is 0. The lowest BCUT2D eigenvalue weighted by Gasteiger charge is -2.21. The van der Waals surface area contributed by atoms with E-state index in [0.717, 1.165) is 12.1 Å². The van der Waals surface area contributed by atoms with Crippen LogP contribution in [0.4, 0.5) is 10.3 Å². The van der Waals surface area contributed by atoms with Gasteiger partial charge in [-0.15, -0.1) is 0 Å². The summed E-state index contributed by atoms with van der Waals surface area (Å²) < 4.78 is 39.7. The summed E-state index contributed by atoms with van der Waals surface area (Å²) >= 11 is 0. The quantitative estimate of drug-likeness (QED) is 0.850. The second-order valence-corrected chi connectivity index (χ2v) is 7.19. The molecule has 6 nitrogen and oxygen atoms in total. The van der Waals surface area contributed by atoms with Gasteiger partial charge in [0.2, 0.25) is 16.0 Å². The van der Waals surface area contributed by atoms with Crippen molar-refractivity contribution in [1.82, 2.24) is 14.3 Å². The van der Waals surface area contributed by atoms with Crippen LogP contribution in [0.5, 0.6) is 0 Å². The van der Waals surface area contributed by atoms with E-state index in [2.05, 4.69) is 9.97 Å². The molecule has 1 aromatic heterocycles. The second kappa shape index (κ2) is 6.59. The number of hydrogen-bond acceptors (Lipinski definition) is 5. The number of sulfonamides is 1. The molecule has 0 spiro atoms. The molecule has 0 amide bonds. The fourth-order valence-electron chi connectivity index (χ4n) is 2.54. The molecule has 1 saturated heterocycles. The molecule has 1 aromatic carbocycles. The molecule has 0 radical (unpaired) electrons. The van der Waals surface area contributed by atoms with Crippen LogP contribution in [-0.2, 0) is 10.0 Å². The van der Waals surface area contributed by atoms with Crippen molar-refractivity contribution < 1.29 is 12.8 Å². The lowest BCUT2D eigenvalue weighted by Crippen LogP contribution is -2.35. The molecule has 1 aliphatic heterocycles. The average molecular weight is 336 g/mol. The van der Waals surface area contributed by atoms with Gasteiger partial charge < -0.3 is 4.90 Å². The number of aromatic nitrogens is 2. The molecule has 122 valence electrons. The minimum absolute atomic E-state index is 0.114. The van der Waals surface area contributed by atoms with E-state index in [1.807, 2.05) is 4.90 Å². The van der Waals surface area contributed by atoms with Crippen LogP contribution in [0.2, 0.25) is 0 Å². The molecule has 2 aromatic rings.